The molecule has 2 aromatic rings. The van der Waals surface area contributed by atoms with Gasteiger partial charge in [0.1, 0.15) is 10.8 Å². The fraction of sp³-hybridized carbons (Fsp3) is 0.348. The number of aliphatic hydroxyl groups is 1. The molecule has 7 nitrogen and oxygen atoms in total. The predicted molar refractivity (Wildman–Crippen MR) is 119 cm³/mol. The summed E-state index contributed by atoms with van der Waals surface area (Å²) in [4.78, 5) is 35.6. The van der Waals surface area contributed by atoms with Gasteiger partial charge in [0.15, 0.2) is 5.78 Å². The highest BCUT2D eigenvalue weighted by molar-refractivity contribution is 6.45. The van der Waals surface area contributed by atoms with Crippen molar-refractivity contribution in [3.8, 4) is 5.75 Å². The number of ketones is 1. The zero-order valence-corrected chi connectivity index (χ0v) is 18.6. The second-order valence-corrected chi connectivity index (χ2v) is 8.44. The highest BCUT2D eigenvalue weighted by Crippen LogP contribution is 2.38. The zero-order valence-electron chi connectivity index (χ0n) is 17.1. The van der Waals surface area contributed by atoms with Gasteiger partial charge in [0.2, 0.25) is 5.91 Å². The van der Waals surface area contributed by atoms with Crippen molar-refractivity contribution >= 4 is 40.9 Å². The van der Waals surface area contributed by atoms with Gasteiger partial charge in [-0.2, -0.15) is 0 Å². The Morgan fingerprint density at radius 3 is 2.47 bits per heavy atom. The molecule has 170 valence electrons. The molecule has 9 heteroatoms. The molecule has 3 unspecified atom stereocenters. The summed E-state index contributed by atoms with van der Waals surface area (Å²) in [7, 11) is 0. The van der Waals surface area contributed by atoms with Crippen LogP contribution >= 0.6 is 23.2 Å². The van der Waals surface area contributed by atoms with Crippen molar-refractivity contribution in [1.82, 2.24) is 5.32 Å². The predicted octanol–water partition coefficient (Wildman–Crippen LogP) is 3.72. The van der Waals surface area contributed by atoms with Crippen LogP contribution in [0.15, 0.2) is 42.5 Å². The third-order valence-corrected chi connectivity index (χ3v) is 6.16. The van der Waals surface area contributed by atoms with Crippen molar-refractivity contribution in [2.45, 2.75) is 37.9 Å². The summed E-state index contributed by atoms with van der Waals surface area (Å²) in [5.74, 6) is -1.61. The Morgan fingerprint density at radius 1 is 1.06 bits per heavy atom. The number of benzene rings is 2. The lowest BCUT2D eigenvalue weighted by Crippen LogP contribution is -2.36. The molecule has 0 aromatic heterocycles. The van der Waals surface area contributed by atoms with E-state index in [1.165, 1.54) is 0 Å². The first-order chi connectivity index (χ1) is 15.3. The number of rotatable bonds is 9. The number of carbonyl (C=O) groups is 3. The number of carboxylic acids is 1. The topological polar surface area (TPSA) is 113 Å². The number of ether oxygens (including phenoxy) is 1. The van der Waals surface area contributed by atoms with Crippen molar-refractivity contribution in [2.75, 3.05) is 6.54 Å². The molecule has 0 saturated heterocycles. The average Bonchev–Trinajstić information content (AvgIpc) is 3.24. The summed E-state index contributed by atoms with van der Waals surface area (Å²) in [5, 5.41) is 21.1. The second kappa shape index (κ2) is 10.8. The minimum atomic E-state index is -1.14. The molecular weight excluding hydrogens is 457 g/mol. The molecule has 3 N–H and O–H groups in total. The van der Waals surface area contributed by atoms with E-state index in [-0.39, 0.29) is 45.9 Å². The Morgan fingerprint density at radius 2 is 1.78 bits per heavy atom. The van der Waals surface area contributed by atoms with Crippen LogP contribution in [0.5, 0.6) is 5.75 Å². The first-order valence-electron chi connectivity index (χ1n) is 10.2. The molecule has 0 aliphatic heterocycles. The van der Waals surface area contributed by atoms with Gasteiger partial charge < -0.3 is 20.3 Å². The maximum atomic E-state index is 12.7. The summed E-state index contributed by atoms with van der Waals surface area (Å²) in [6.45, 7) is -0.120. The van der Waals surface area contributed by atoms with Gasteiger partial charge in [-0.25, -0.2) is 0 Å². The number of hydrogen-bond donors (Lipinski definition) is 3. The van der Waals surface area contributed by atoms with Crippen LogP contribution in [0.3, 0.4) is 0 Å². The molecule has 1 amide bonds. The van der Waals surface area contributed by atoms with Crippen molar-refractivity contribution in [3.63, 3.8) is 0 Å². The summed E-state index contributed by atoms with van der Waals surface area (Å²) in [6.07, 6.45) is -0.185. The van der Waals surface area contributed by atoms with Crippen LogP contribution in [-0.4, -0.2) is 46.6 Å². The Bertz CT molecular complexity index is 997. The fourth-order valence-electron chi connectivity index (χ4n) is 3.64. The number of amides is 1. The molecule has 2 aromatic carbocycles. The first-order valence-corrected chi connectivity index (χ1v) is 10.9. The van der Waals surface area contributed by atoms with Gasteiger partial charge in [0, 0.05) is 23.6 Å². The number of carbonyl (C=O) groups excluding carboxylic acids is 2. The number of halogens is 2. The normalized spacial score (nSPS) is 18.7. The van der Waals surface area contributed by atoms with Gasteiger partial charge in [0.25, 0.3) is 0 Å². The van der Waals surface area contributed by atoms with Gasteiger partial charge in [0.05, 0.1) is 23.7 Å². The Hall–Kier alpha value is -2.61. The fourth-order valence-corrected chi connectivity index (χ4v) is 4.10. The minimum Gasteiger partial charge on any atom is -0.489 e. The Kier molecular flexibility index (Phi) is 8.12. The van der Waals surface area contributed by atoms with Gasteiger partial charge in [-0.15, -0.1) is 0 Å². The number of aliphatic carboxylic acids is 1. The third-order valence-electron chi connectivity index (χ3n) is 5.30. The molecule has 0 heterocycles. The van der Waals surface area contributed by atoms with Crippen LogP contribution in [0.25, 0.3) is 0 Å². The largest absolute Gasteiger partial charge is 0.489 e. The van der Waals surface area contributed by atoms with Gasteiger partial charge >= 0.3 is 5.97 Å². The van der Waals surface area contributed by atoms with Crippen molar-refractivity contribution in [2.24, 2.45) is 5.92 Å². The maximum Gasteiger partial charge on any atom is 0.306 e. The lowest BCUT2D eigenvalue weighted by Gasteiger charge is -2.17. The van der Waals surface area contributed by atoms with E-state index in [0.717, 1.165) is 0 Å². The smallest absolute Gasteiger partial charge is 0.306 e. The SMILES string of the molecule is O=C(O)CC(O)CNC(=O)C1CCC(Oc2ccc(C(=O)c3ccccc3)c(Cl)c2Cl)C1. The van der Waals surface area contributed by atoms with Gasteiger partial charge in [-0.05, 0) is 31.4 Å². The minimum absolute atomic E-state index is 0.109. The van der Waals surface area contributed by atoms with Crippen LogP contribution in [0, 0.1) is 5.92 Å². The summed E-state index contributed by atoms with van der Waals surface area (Å²) in [6, 6.07) is 11.9. The molecule has 3 rings (SSSR count). The monoisotopic (exact) mass is 479 g/mol. The zero-order chi connectivity index (χ0) is 23.3. The van der Waals surface area contributed by atoms with Crippen molar-refractivity contribution in [1.29, 1.82) is 0 Å². The van der Waals surface area contributed by atoms with Crippen molar-refractivity contribution < 1.29 is 29.3 Å². The molecule has 32 heavy (non-hydrogen) atoms. The average molecular weight is 480 g/mol. The summed E-state index contributed by atoms with van der Waals surface area (Å²) in [5.41, 5.74) is 0.774. The van der Waals surface area contributed by atoms with E-state index >= 15 is 0 Å². The number of aliphatic hydroxyl groups excluding tert-OH is 1. The molecule has 0 bridgehead atoms. The molecule has 1 fully saturated rings. The lowest BCUT2D eigenvalue weighted by atomic mass is 10.0. The Balaban J connectivity index is 1.59. The molecule has 1 saturated carbocycles. The molecule has 0 spiro atoms. The van der Waals surface area contributed by atoms with E-state index in [9.17, 15) is 19.5 Å². The van der Waals surface area contributed by atoms with E-state index in [2.05, 4.69) is 5.32 Å². The summed E-state index contributed by atoms with van der Waals surface area (Å²) < 4.78 is 5.95. The van der Waals surface area contributed by atoms with Crippen LogP contribution in [0.2, 0.25) is 10.0 Å². The van der Waals surface area contributed by atoms with Crippen LogP contribution < -0.4 is 10.1 Å². The highest BCUT2D eigenvalue weighted by atomic mass is 35.5. The van der Waals surface area contributed by atoms with Crippen molar-refractivity contribution in [3.05, 3.63) is 63.6 Å². The molecule has 1 aliphatic rings. The van der Waals surface area contributed by atoms with Crippen LogP contribution in [-0.2, 0) is 9.59 Å². The second-order valence-electron chi connectivity index (χ2n) is 7.68. The van der Waals surface area contributed by atoms with Crippen LogP contribution in [0.1, 0.15) is 41.6 Å². The van der Waals surface area contributed by atoms with E-state index in [1.54, 1.807) is 36.4 Å². The maximum absolute atomic E-state index is 12.7. The van der Waals surface area contributed by atoms with Crippen LogP contribution in [0.4, 0.5) is 0 Å². The summed E-state index contributed by atoms with van der Waals surface area (Å²) >= 11 is 12.7. The van der Waals surface area contributed by atoms with E-state index in [0.29, 0.717) is 30.6 Å². The van der Waals surface area contributed by atoms with E-state index in [4.69, 9.17) is 33.0 Å². The standard InChI is InChI=1S/C23H23Cl2NO6/c24-20-17(22(30)13-4-2-1-3-5-13)8-9-18(21(20)25)32-16-7-6-14(10-16)23(31)26-12-15(27)11-19(28)29/h1-5,8-9,14-16,27H,6-7,10-12H2,(H,26,31)(H,28,29). The number of hydrogen-bond acceptors (Lipinski definition) is 5. The molecule has 1 aliphatic carbocycles. The van der Waals surface area contributed by atoms with Gasteiger partial charge in [-0.1, -0.05) is 53.5 Å². The number of nitrogens with one attached hydrogen (secondary N) is 1. The molecule has 0 radical (unpaired) electrons. The van der Waals surface area contributed by atoms with E-state index < -0.39 is 18.5 Å². The quantitative estimate of drug-likeness (QED) is 0.472. The highest BCUT2D eigenvalue weighted by Gasteiger charge is 2.32. The molecular formula is C23H23Cl2NO6. The number of carboxylic acid groups (broad SMARTS) is 1. The van der Waals surface area contributed by atoms with E-state index in [1.807, 2.05) is 6.07 Å². The lowest BCUT2D eigenvalue weighted by molar-refractivity contribution is -0.139. The Labute approximate surface area is 195 Å². The first kappa shape index (κ1) is 24.0. The molecule has 3 atom stereocenters. The van der Waals surface area contributed by atoms with Gasteiger partial charge in [-0.3, -0.25) is 14.4 Å². The third kappa shape index (κ3) is 6.00.